The van der Waals surface area contributed by atoms with Crippen LogP contribution in [0.25, 0.3) is 16.9 Å². The lowest BCUT2D eigenvalue weighted by Crippen LogP contribution is -2.62. The largest absolute Gasteiger partial charge is 0.332 e. The van der Waals surface area contributed by atoms with Crippen LogP contribution >= 0.6 is 0 Å². The summed E-state index contributed by atoms with van der Waals surface area (Å²) in [5.74, 6) is -0.254. The van der Waals surface area contributed by atoms with E-state index < -0.39 is 5.54 Å². The van der Waals surface area contributed by atoms with E-state index in [0.717, 1.165) is 22.4 Å². The second-order valence-electron chi connectivity index (χ2n) is 11.5. The van der Waals surface area contributed by atoms with Crippen LogP contribution in [0.1, 0.15) is 66.9 Å². The standard InChI is InChI=1S/C29H33N7O2/c1-19-9-7-10-20(15-19)22-16-21(28(2,3)4)25-32-23(17-36(25)33-22)26(37)35-14-13-34(18-29(35,5)6)27(38)24-30-11-8-12-31-24/h7-12,15-17H,13-14,18H2,1-6H3. The molecule has 0 N–H and O–H groups in total. The molecule has 0 spiro atoms. The summed E-state index contributed by atoms with van der Waals surface area (Å²) in [6, 6.07) is 12.0. The van der Waals surface area contributed by atoms with Gasteiger partial charge in [0, 0.05) is 43.2 Å². The van der Waals surface area contributed by atoms with Gasteiger partial charge in [0.2, 0.25) is 5.82 Å². The number of carbonyl (C=O) groups excluding carboxylic acids is 2. The molecule has 9 heteroatoms. The second kappa shape index (κ2) is 9.31. The number of carbonyl (C=O) groups is 2. The van der Waals surface area contributed by atoms with Gasteiger partial charge in [0.05, 0.1) is 17.4 Å². The number of amides is 2. The number of benzene rings is 1. The molecule has 9 nitrogen and oxygen atoms in total. The fourth-order valence-corrected chi connectivity index (χ4v) is 4.97. The Kier molecular flexibility index (Phi) is 6.25. The predicted molar refractivity (Wildman–Crippen MR) is 145 cm³/mol. The lowest BCUT2D eigenvalue weighted by Gasteiger charge is -2.46. The van der Waals surface area contributed by atoms with Crippen LogP contribution in [-0.4, -0.2) is 71.4 Å². The SMILES string of the molecule is Cc1cccc(-c2cc(C(C)(C)C)c3nc(C(=O)N4CCN(C(=O)c5ncccn5)CC4(C)C)cn3n2)c1. The highest BCUT2D eigenvalue weighted by molar-refractivity contribution is 5.94. The van der Waals surface area contributed by atoms with Gasteiger partial charge in [-0.15, -0.1) is 0 Å². The highest BCUT2D eigenvalue weighted by Crippen LogP contribution is 2.31. The van der Waals surface area contributed by atoms with Gasteiger partial charge in [-0.3, -0.25) is 9.59 Å². The number of aromatic nitrogens is 5. The molecule has 0 aliphatic carbocycles. The van der Waals surface area contributed by atoms with Gasteiger partial charge < -0.3 is 9.80 Å². The van der Waals surface area contributed by atoms with Crippen LogP contribution in [0, 0.1) is 6.92 Å². The number of aryl methyl sites for hydroxylation is 1. The molecule has 2 amide bonds. The maximum absolute atomic E-state index is 13.8. The van der Waals surface area contributed by atoms with E-state index in [4.69, 9.17) is 10.1 Å². The number of fused-ring (bicyclic) bond motifs is 1. The van der Waals surface area contributed by atoms with Crippen molar-refractivity contribution in [3.05, 3.63) is 77.6 Å². The Labute approximate surface area is 222 Å². The average Bonchev–Trinajstić information content (AvgIpc) is 3.31. The molecule has 0 radical (unpaired) electrons. The van der Waals surface area contributed by atoms with E-state index in [1.165, 1.54) is 0 Å². The van der Waals surface area contributed by atoms with E-state index in [1.807, 2.05) is 26.0 Å². The molecule has 5 rings (SSSR count). The maximum Gasteiger partial charge on any atom is 0.291 e. The topological polar surface area (TPSA) is 96.6 Å². The van der Waals surface area contributed by atoms with Crippen molar-refractivity contribution < 1.29 is 9.59 Å². The third-order valence-corrected chi connectivity index (χ3v) is 6.96. The Bertz CT molecular complexity index is 1520. The van der Waals surface area contributed by atoms with Gasteiger partial charge in [0.15, 0.2) is 5.65 Å². The Morgan fingerprint density at radius 1 is 0.974 bits per heavy atom. The number of hydrogen-bond donors (Lipinski definition) is 0. The summed E-state index contributed by atoms with van der Waals surface area (Å²) < 4.78 is 1.73. The van der Waals surface area contributed by atoms with Crippen LogP contribution in [0.2, 0.25) is 0 Å². The average molecular weight is 512 g/mol. The molecule has 1 aliphatic heterocycles. The van der Waals surface area contributed by atoms with E-state index in [9.17, 15) is 9.59 Å². The van der Waals surface area contributed by atoms with Crippen LogP contribution in [0.5, 0.6) is 0 Å². The minimum atomic E-state index is -0.609. The molecule has 1 aliphatic rings. The van der Waals surface area contributed by atoms with E-state index in [2.05, 4.69) is 55.9 Å². The van der Waals surface area contributed by atoms with Crippen molar-refractivity contribution in [1.82, 2.24) is 34.4 Å². The van der Waals surface area contributed by atoms with E-state index in [1.54, 1.807) is 39.0 Å². The zero-order valence-corrected chi connectivity index (χ0v) is 22.8. The van der Waals surface area contributed by atoms with Crippen molar-refractivity contribution in [2.45, 2.75) is 52.5 Å². The summed E-state index contributed by atoms with van der Waals surface area (Å²) in [5.41, 5.74) is 4.21. The number of nitrogens with zero attached hydrogens (tertiary/aromatic N) is 7. The van der Waals surface area contributed by atoms with Crippen molar-refractivity contribution in [2.75, 3.05) is 19.6 Å². The van der Waals surface area contributed by atoms with Crippen molar-refractivity contribution in [1.29, 1.82) is 0 Å². The molecule has 38 heavy (non-hydrogen) atoms. The first-order chi connectivity index (χ1) is 17.9. The maximum atomic E-state index is 13.8. The second-order valence-corrected chi connectivity index (χ2v) is 11.5. The van der Waals surface area contributed by atoms with Gasteiger partial charge in [0.1, 0.15) is 5.69 Å². The van der Waals surface area contributed by atoms with Gasteiger partial charge in [0.25, 0.3) is 11.8 Å². The molecule has 196 valence electrons. The van der Waals surface area contributed by atoms with E-state index in [-0.39, 0.29) is 23.1 Å². The van der Waals surface area contributed by atoms with Gasteiger partial charge in [-0.2, -0.15) is 5.10 Å². The van der Waals surface area contributed by atoms with Gasteiger partial charge in [-0.05, 0) is 44.4 Å². The number of piperazine rings is 1. The normalized spacial score (nSPS) is 15.6. The van der Waals surface area contributed by atoms with Crippen molar-refractivity contribution in [2.24, 2.45) is 0 Å². The van der Waals surface area contributed by atoms with Crippen LogP contribution in [0.3, 0.4) is 0 Å². The van der Waals surface area contributed by atoms with Crippen molar-refractivity contribution in [3.63, 3.8) is 0 Å². The van der Waals surface area contributed by atoms with E-state index >= 15 is 0 Å². The lowest BCUT2D eigenvalue weighted by molar-refractivity contribution is 0.0160. The van der Waals surface area contributed by atoms with Crippen LogP contribution in [0.15, 0.2) is 55.0 Å². The van der Waals surface area contributed by atoms with Gasteiger partial charge in [-0.1, -0.05) is 44.5 Å². The predicted octanol–water partition coefficient (Wildman–Crippen LogP) is 4.17. The van der Waals surface area contributed by atoms with Gasteiger partial charge >= 0.3 is 0 Å². The molecule has 3 aromatic heterocycles. The molecule has 1 aromatic carbocycles. The van der Waals surface area contributed by atoms with Crippen molar-refractivity contribution in [3.8, 4) is 11.3 Å². The fourth-order valence-electron chi connectivity index (χ4n) is 4.97. The molecule has 4 heterocycles. The first-order valence-electron chi connectivity index (χ1n) is 12.8. The smallest absolute Gasteiger partial charge is 0.291 e. The molecular weight excluding hydrogens is 478 g/mol. The Balaban J connectivity index is 1.47. The Morgan fingerprint density at radius 2 is 1.71 bits per heavy atom. The highest BCUT2D eigenvalue weighted by atomic mass is 16.2. The van der Waals surface area contributed by atoms with Crippen molar-refractivity contribution >= 4 is 17.5 Å². The summed E-state index contributed by atoms with van der Waals surface area (Å²) in [5, 5.41) is 4.83. The number of rotatable bonds is 3. The minimum absolute atomic E-state index is 0.161. The summed E-state index contributed by atoms with van der Waals surface area (Å²) in [4.78, 5) is 43.2. The molecule has 1 fully saturated rings. The third kappa shape index (κ3) is 4.76. The monoisotopic (exact) mass is 511 g/mol. The molecule has 4 aromatic rings. The molecular formula is C29H33N7O2. The molecule has 1 saturated heterocycles. The van der Waals surface area contributed by atoms with Crippen LogP contribution in [0.4, 0.5) is 0 Å². The molecule has 0 unspecified atom stereocenters. The van der Waals surface area contributed by atoms with Crippen LogP contribution < -0.4 is 0 Å². The number of hydrogen-bond acceptors (Lipinski definition) is 6. The van der Waals surface area contributed by atoms with Crippen LogP contribution in [-0.2, 0) is 5.41 Å². The zero-order chi connectivity index (χ0) is 27.2. The Morgan fingerprint density at radius 3 is 2.37 bits per heavy atom. The first-order valence-corrected chi connectivity index (χ1v) is 12.8. The Hall–Kier alpha value is -4.14. The fraction of sp³-hybridized carbons (Fsp3) is 0.379. The highest BCUT2D eigenvalue weighted by Gasteiger charge is 2.40. The zero-order valence-electron chi connectivity index (χ0n) is 22.8. The molecule has 0 atom stereocenters. The summed E-state index contributed by atoms with van der Waals surface area (Å²) in [7, 11) is 0. The van der Waals surface area contributed by atoms with E-state index in [0.29, 0.717) is 31.0 Å². The quantitative estimate of drug-likeness (QED) is 0.410. The lowest BCUT2D eigenvalue weighted by atomic mass is 9.87. The van der Waals surface area contributed by atoms with Gasteiger partial charge in [-0.25, -0.2) is 19.5 Å². The number of imidazole rings is 1. The molecule has 0 saturated carbocycles. The first kappa shape index (κ1) is 25.5. The summed E-state index contributed by atoms with van der Waals surface area (Å²) in [6.07, 6.45) is 4.83. The minimum Gasteiger partial charge on any atom is -0.332 e. The summed E-state index contributed by atoms with van der Waals surface area (Å²) in [6.45, 7) is 13.5. The third-order valence-electron chi connectivity index (χ3n) is 6.96. The molecule has 0 bridgehead atoms. The summed E-state index contributed by atoms with van der Waals surface area (Å²) >= 11 is 0.